The van der Waals surface area contributed by atoms with E-state index >= 15 is 0 Å². The molecular weight excluding hydrogens is 253 g/mol. The monoisotopic (exact) mass is 271 g/mol. The molecule has 0 radical (unpaired) electrons. The average Bonchev–Trinajstić information content (AvgIpc) is 2.37. The zero-order valence-corrected chi connectivity index (χ0v) is 11.5. The number of hydrogen-bond acceptors (Lipinski definition) is 4. The first-order valence-corrected chi connectivity index (χ1v) is 6.89. The van der Waals surface area contributed by atoms with Crippen LogP contribution in [0.5, 0.6) is 0 Å². The van der Waals surface area contributed by atoms with E-state index in [0.717, 1.165) is 5.75 Å². The summed E-state index contributed by atoms with van der Waals surface area (Å²) in [6, 6.07) is 4.77. The van der Waals surface area contributed by atoms with Gasteiger partial charge in [-0.2, -0.15) is 11.8 Å². The van der Waals surface area contributed by atoms with Gasteiger partial charge in [0.15, 0.2) is 5.84 Å². The molecule has 0 aliphatic heterocycles. The summed E-state index contributed by atoms with van der Waals surface area (Å²) < 4.78 is 14.0. The van der Waals surface area contributed by atoms with Crippen LogP contribution < -0.4 is 10.6 Å². The molecule has 0 aromatic heterocycles. The smallest absolute Gasteiger partial charge is 0.170 e. The summed E-state index contributed by atoms with van der Waals surface area (Å²) in [5.41, 5.74) is 6.28. The quantitative estimate of drug-likeness (QED) is 0.373. The van der Waals surface area contributed by atoms with Gasteiger partial charge in [-0.3, -0.25) is 0 Å². The molecule has 1 aromatic carbocycles. The highest BCUT2D eigenvalue weighted by molar-refractivity contribution is 7.98. The van der Waals surface area contributed by atoms with Crippen molar-refractivity contribution < 1.29 is 9.60 Å². The largest absolute Gasteiger partial charge is 0.409 e. The van der Waals surface area contributed by atoms with Gasteiger partial charge in [0.2, 0.25) is 0 Å². The Morgan fingerprint density at radius 2 is 2.28 bits per heavy atom. The molecule has 1 rings (SSSR count). The molecule has 4 nitrogen and oxygen atoms in total. The number of benzene rings is 1. The zero-order chi connectivity index (χ0) is 13.7. The van der Waals surface area contributed by atoms with Gasteiger partial charge in [0.25, 0.3) is 0 Å². The van der Waals surface area contributed by atoms with Gasteiger partial charge in [0.1, 0.15) is 5.82 Å². The lowest BCUT2D eigenvalue weighted by Crippen LogP contribution is -2.31. The van der Waals surface area contributed by atoms with Crippen molar-refractivity contribution in [2.24, 2.45) is 10.9 Å². The molecule has 1 aromatic rings. The third kappa shape index (κ3) is 3.29. The average molecular weight is 271 g/mol. The number of nitrogens with zero attached hydrogens (tertiary/aromatic N) is 2. The number of amidine groups is 1. The molecule has 0 saturated heterocycles. The third-order valence-electron chi connectivity index (χ3n) is 2.80. The highest BCUT2D eigenvalue weighted by Gasteiger charge is 2.14. The van der Waals surface area contributed by atoms with Crippen molar-refractivity contribution in [2.75, 3.05) is 24.0 Å². The maximum Gasteiger partial charge on any atom is 0.170 e. The molecule has 0 spiro atoms. The van der Waals surface area contributed by atoms with E-state index in [1.54, 1.807) is 23.9 Å². The van der Waals surface area contributed by atoms with Crippen LogP contribution in [0.25, 0.3) is 0 Å². The number of thioether (sulfide) groups is 1. The SMILES string of the molecule is CSCC(C)N(C)c1ccc(/C(N)=N/O)cc1F. The van der Waals surface area contributed by atoms with Crippen LogP contribution in [0.2, 0.25) is 0 Å². The van der Waals surface area contributed by atoms with Crippen molar-refractivity contribution in [3.8, 4) is 0 Å². The molecule has 1 unspecified atom stereocenters. The van der Waals surface area contributed by atoms with Gasteiger partial charge >= 0.3 is 0 Å². The summed E-state index contributed by atoms with van der Waals surface area (Å²) >= 11 is 1.71. The minimum Gasteiger partial charge on any atom is -0.409 e. The Morgan fingerprint density at radius 1 is 1.61 bits per heavy atom. The van der Waals surface area contributed by atoms with Gasteiger partial charge in [-0.25, -0.2) is 4.39 Å². The van der Waals surface area contributed by atoms with Crippen LogP contribution in [0.3, 0.4) is 0 Å². The lowest BCUT2D eigenvalue weighted by atomic mass is 10.1. The molecule has 0 amide bonds. The number of anilines is 1. The second-order valence-corrected chi connectivity index (χ2v) is 4.98. The summed E-state index contributed by atoms with van der Waals surface area (Å²) in [6.45, 7) is 2.04. The maximum atomic E-state index is 14.0. The molecule has 0 aliphatic rings. The van der Waals surface area contributed by atoms with Crippen LogP contribution in [-0.4, -0.2) is 36.1 Å². The number of halogens is 1. The predicted molar refractivity (Wildman–Crippen MR) is 75.2 cm³/mol. The van der Waals surface area contributed by atoms with Crippen molar-refractivity contribution in [1.29, 1.82) is 0 Å². The van der Waals surface area contributed by atoms with Crippen LogP contribution in [0, 0.1) is 5.82 Å². The molecule has 0 fully saturated rings. The van der Waals surface area contributed by atoms with Crippen LogP contribution in [0.4, 0.5) is 10.1 Å². The van der Waals surface area contributed by atoms with Crippen LogP contribution in [0.15, 0.2) is 23.4 Å². The molecule has 1 atom stereocenters. The Morgan fingerprint density at radius 3 is 2.78 bits per heavy atom. The first-order valence-electron chi connectivity index (χ1n) is 5.50. The van der Waals surface area contributed by atoms with Crippen molar-refractivity contribution in [3.05, 3.63) is 29.6 Å². The molecule has 0 aliphatic carbocycles. The number of oxime groups is 1. The molecule has 0 saturated carbocycles. The molecule has 100 valence electrons. The van der Waals surface area contributed by atoms with E-state index in [2.05, 4.69) is 5.16 Å². The first kappa shape index (κ1) is 14.6. The summed E-state index contributed by atoms with van der Waals surface area (Å²) in [4.78, 5) is 1.88. The first-order chi connectivity index (χ1) is 8.51. The fraction of sp³-hybridized carbons (Fsp3) is 0.417. The number of nitrogens with two attached hydrogens (primary N) is 1. The molecule has 18 heavy (non-hydrogen) atoms. The Hall–Kier alpha value is -1.43. The highest BCUT2D eigenvalue weighted by atomic mass is 32.2. The van der Waals surface area contributed by atoms with Gasteiger partial charge in [0.05, 0.1) is 5.69 Å². The van der Waals surface area contributed by atoms with Gasteiger partial charge in [-0.15, -0.1) is 0 Å². The normalized spacial score (nSPS) is 13.4. The summed E-state index contributed by atoms with van der Waals surface area (Å²) in [6.07, 6.45) is 2.02. The number of hydrogen-bond donors (Lipinski definition) is 2. The second kappa shape index (κ2) is 6.49. The fourth-order valence-electron chi connectivity index (χ4n) is 1.60. The lowest BCUT2D eigenvalue weighted by molar-refractivity contribution is 0.318. The summed E-state index contributed by atoms with van der Waals surface area (Å²) in [7, 11) is 1.85. The Balaban J connectivity index is 2.98. The van der Waals surface area contributed by atoms with E-state index in [4.69, 9.17) is 10.9 Å². The lowest BCUT2D eigenvalue weighted by Gasteiger charge is -2.27. The van der Waals surface area contributed by atoms with Crippen molar-refractivity contribution in [1.82, 2.24) is 0 Å². The summed E-state index contributed by atoms with van der Waals surface area (Å²) in [5, 5.41) is 11.4. The van der Waals surface area contributed by atoms with Crippen molar-refractivity contribution in [3.63, 3.8) is 0 Å². The standard InChI is InChI=1S/C12H18FN3OS/c1-8(7-18-3)16(2)11-5-4-9(6-10(11)13)12(14)15-17/h4-6,8,17H,7H2,1-3H3,(H2,14,15). The Kier molecular flexibility index (Phi) is 5.27. The second-order valence-electron chi connectivity index (χ2n) is 4.07. The van der Waals surface area contributed by atoms with E-state index in [-0.39, 0.29) is 17.7 Å². The topological polar surface area (TPSA) is 61.8 Å². The van der Waals surface area contributed by atoms with Gasteiger partial charge in [-0.05, 0) is 31.4 Å². The molecule has 3 N–H and O–H groups in total. The number of rotatable bonds is 5. The van der Waals surface area contributed by atoms with Gasteiger partial charge in [-0.1, -0.05) is 5.16 Å². The minimum atomic E-state index is -0.380. The molecule has 0 bridgehead atoms. The molecule has 6 heteroatoms. The zero-order valence-electron chi connectivity index (χ0n) is 10.7. The van der Waals surface area contributed by atoms with Crippen LogP contribution in [-0.2, 0) is 0 Å². The molecule has 0 heterocycles. The Labute approximate surface area is 111 Å². The van der Waals surface area contributed by atoms with E-state index in [0.29, 0.717) is 11.3 Å². The van der Waals surface area contributed by atoms with Crippen LogP contribution in [0.1, 0.15) is 12.5 Å². The fourth-order valence-corrected chi connectivity index (χ4v) is 2.31. The van der Waals surface area contributed by atoms with Crippen LogP contribution >= 0.6 is 11.8 Å². The van der Waals surface area contributed by atoms with E-state index < -0.39 is 0 Å². The minimum absolute atomic E-state index is 0.0970. The van der Waals surface area contributed by atoms with Gasteiger partial charge < -0.3 is 15.8 Å². The predicted octanol–water partition coefficient (Wildman–Crippen LogP) is 2.11. The maximum absolute atomic E-state index is 14.0. The van der Waals surface area contributed by atoms with Crippen molar-refractivity contribution in [2.45, 2.75) is 13.0 Å². The summed E-state index contributed by atoms with van der Waals surface area (Å²) in [5.74, 6) is 0.438. The van der Waals surface area contributed by atoms with E-state index in [9.17, 15) is 4.39 Å². The third-order valence-corrected chi connectivity index (χ3v) is 3.62. The molecular formula is C12H18FN3OS. The Bertz CT molecular complexity index is 439. The van der Waals surface area contributed by atoms with E-state index in [1.165, 1.54) is 6.07 Å². The highest BCUT2D eigenvalue weighted by Crippen LogP contribution is 2.22. The van der Waals surface area contributed by atoms with Crippen molar-refractivity contribution >= 4 is 23.3 Å². The van der Waals surface area contributed by atoms with E-state index in [1.807, 2.05) is 25.1 Å². The van der Waals surface area contributed by atoms with Gasteiger partial charge in [0, 0.05) is 24.4 Å².